The maximum Gasteiger partial charge on any atom is 0.409 e. The molecular formula is C19H29N3O4. The van der Waals surface area contributed by atoms with E-state index >= 15 is 0 Å². The van der Waals surface area contributed by atoms with Crippen LogP contribution >= 0.6 is 0 Å². The molecule has 0 unspecified atom stereocenters. The van der Waals surface area contributed by atoms with Crippen molar-refractivity contribution < 1.29 is 19.1 Å². The zero-order valence-electron chi connectivity index (χ0n) is 15.5. The highest BCUT2D eigenvalue weighted by Crippen LogP contribution is 2.55. The van der Waals surface area contributed by atoms with Gasteiger partial charge in [0.25, 0.3) is 0 Å². The molecule has 4 aliphatic carbocycles. The predicted octanol–water partition coefficient (Wildman–Crippen LogP) is 1.37. The molecule has 5 rings (SSSR count). The summed E-state index contributed by atoms with van der Waals surface area (Å²) in [6.45, 7) is 3.69. The predicted molar refractivity (Wildman–Crippen MR) is 94.2 cm³/mol. The van der Waals surface area contributed by atoms with Gasteiger partial charge in [-0.3, -0.25) is 9.59 Å². The summed E-state index contributed by atoms with van der Waals surface area (Å²) in [5.41, 5.74) is -0.145. The number of amides is 3. The van der Waals surface area contributed by atoms with Crippen LogP contribution in [0.15, 0.2) is 0 Å². The summed E-state index contributed by atoms with van der Waals surface area (Å²) in [5, 5.41) is 3.14. The Kier molecular flexibility index (Phi) is 4.57. The van der Waals surface area contributed by atoms with Gasteiger partial charge in [0.15, 0.2) is 0 Å². The van der Waals surface area contributed by atoms with Gasteiger partial charge in [-0.1, -0.05) is 0 Å². The number of carbonyl (C=O) groups excluding carboxylic acids is 3. The summed E-state index contributed by atoms with van der Waals surface area (Å²) in [6, 6.07) is 0. The molecule has 7 nitrogen and oxygen atoms in total. The van der Waals surface area contributed by atoms with Crippen molar-refractivity contribution in [2.75, 3.05) is 32.8 Å². The molecule has 5 aliphatic rings. The highest BCUT2D eigenvalue weighted by molar-refractivity contribution is 6.35. The van der Waals surface area contributed by atoms with E-state index in [1.807, 2.05) is 0 Å². The van der Waals surface area contributed by atoms with Gasteiger partial charge in [-0.15, -0.1) is 0 Å². The molecule has 26 heavy (non-hydrogen) atoms. The number of carbonyl (C=O) groups is 3. The summed E-state index contributed by atoms with van der Waals surface area (Å²) >= 11 is 0. The van der Waals surface area contributed by atoms with Crippen molar-refractivity contribution in [1.29, 1.82) is 0 Å². The fourth-order valence-corrected chi connectivity index (χ4v) is 6.01. The third-order valence-electron chi connectivity index (χ3n) is 6.70. The summed E-state index contributed by atoms with van der Waals surface area (Å²) in [4.78, 5) is 40.1. The van der Waals surface area contributed by atoms with Crippen molar-refractivity contribution in [2.24, 2.45) is 17.8 Å². The minimum Gasteiger partial charge on any atom is -0.450 e. The molecule has 0 atom stereocenters. The Hall–Kier alpha value is -1.79. The van der Waals surface area contributed by atoms with Gasteiger partial charge < -0.3 is 19.9 Å². The van der Waals surface area contributed by atoms with E-state index in [0.717, 1.165) is 37.0 Å². The van der Waals surface area contributed by atoms with Gasteiger partial charge in [-0.25, -0.2) is 4.79 Å². The summed E-state index contributed by atoms with van der Waals surface area (Å²) < 4.78 is 4.99. The topological polar surface area (TPSA) is 79.0 Å². The second kappa shape index (κ2) is 6.74. The maximum absolute atomic E-state index is 12.6. The zero-order chi connectivity index (χ0) is 18.3. The van der Waals surface area contributed by atoms with Gasteiger partial charge in [-0.2, -0.15) is 0 Å². The van der Waals surface area contributed by atoms with Crippen LogP contribution in [0.5, 0.6) is 0 Å². The Balaban J connectivity index is 1.32. The van der Waals surface area contributed by atoms with Crippen LogP contribution < -0.4 is 5.32 Å². The number of rotatable bonds is 2. The number of hydrogen-bond acceptors (Lipinski definition) is 4. The largest absolute Gasteiger partial charge is 0.450 e. The molecule has 0 aromatic heterocycles. The van der Waals surface area contributed by atoms with Crippen molar-refractivity contribution in [3.63, 3.8) is 0 Å². The Labute approximate surface area is 154 Å². The second-order valence-corrected chi connectivity index (χ2v) is 8.63. The van der Waals surface area contributed by atoms with E-state index < -0.39 is 11.8 Å². The lowest BCUT2D eigenvalue weighted by Crippen LogP contribution is -2.62. The first-order chi connectivity index (χ1) is 12.5. The van der Waals surface area contributed by atoms with E-state index in [1.165, 1.54) is 19.3 Å². The third kappa shape index (κ3) is 3.28. The Morgan fingerprint density at radius 2 is 1.42 bits per heavy atom. The number of hydrogen-bond donors (Lipinski definition) is 1. The van der Waals surface area contributed by atoms with Crippen LogP contribution in [0, 0.1) is 17.8 Å². The van der Waals surface area contributed by atoms with E-state index in [-0.39, 0.29) is 11.6 Å². The molecule has 4 saturated carbocycles. The van der Waals surface area contributed by atoms with E-state index in [9.17, 15) is 14.4 Å². The lowest BCUT2D eigenvalue weighted by Gasteiger charge is -2.56. The number of nitrogens with zero attached hydrogens (tertiary/aromatic N) is 2. The monoisotopic (exact) mass is 363 g/mol. The molecule has 144 valence electrons. The van der Waals surface area contributed by atoms with Gasteiger partial charge in [0, 0.05) is 31.7 Å². The van der Waals surface area contributed by atoms with Crippen LogP contribution in [0.3, 0.4) is 0 Å². The highest BCUT2D eigenvalue weighted by atomic mass is 16.6. The highest BCUT2D eigenvalue weighted by Gasteiger charge is 2.52. The first-order valence-electron chi connectivity index (χ1n) is 10.0. The fourth-order valence-electron chi connectivity index (χ4n) is 6.01. The van der Waals surface area contributed by atoms with Crippen molar-refractivity contribution in [1.82, 2.24) is 15.1 Å². The molecule has 0 spiro atoms. The first-order valence-corrected chi connectivity index (χ1v) is 10.0. The fraction of sp³-hybridized carbons (Fsp3) is 0.842. The van der Waals surface area contributed by atoms with Crippen molar-refractivity contribution in [3.8, 4) is 0 Å². The zero-order valence-corrected chi connectivity index (χ0v) is 15.5. The average molecular weight is 363 g/mol. The number of ether oxygens (including phenoxy) is 1. The van der Waals surface area contributed by atoms with Crippen molar-refractivity contribution >= 4 is 17.9 Å². The maximum atomic E-state index is 12.6. The normalized spacial score (nSPS) is 35.3. The van der Waals surface area contributed by atoms with Gasteiger partial charge in [0.1, 0.15) is 0 Å². The molecule has 0 aromatic rings. The van der Waals surface area contributed by atoms with Crippen LogP contribution in [0.2, 0.25) is 0 Å². The van der Waals surface area contributed by atoms with E-state index in [4.69, 9.17) is 4.74 Å². The Morgan fingerprint density at radius 1 is 0.923 bits per heavy atom. The first kappa shape index (κ1) is 17.6. The molecule has 4 bridgehead atoms. The summed E-state index contributed by atoms with van der Waals surface area (Å²) in [5.74, 6) is 1.26. The molecule has 1 saturated heterocycles. The second-order valence-electron chi connectivity index (χ2n) is 8.63. The van der Waals surface area contributed by atoms with E-state index in [1.54, 1.807) is 16.7 Å². The van der Waals surface area contributed by atoms with Crippen LogP contribution in [-0.4, -0.2) is 66.0 Å². The molecule has 3 amide bonds. The van der Waals surface area contributed by atoms with Crippen LogP contribution in [-0.2, 0) is 14.3 Å². The lowest BCUT2D eigenvalue weighted by molar-refractivity contribution is -0.149. The summed E-state index contributed by atoms with van der Waals surface area (Å²) in [7, 11) is 0. The van der Waals surface area contributed by atoms with Crippen LogP contribution in [0.1, 0.15) is 45.4 Å². The van der Waals surface area contributed by atoms with Crippen LogP contribution in [0.4, 0.5) is 4.79 Å². The van der Waals surface area contributed by atoms with Gasteiger partial charge >= 0.3 is 17.9 Å². The van der Waals surface area contributed by atoms with Gasteiger partial charge in [0.05, 0.1) is 6.61 Å². The molecule has 0 aromatic carbocycles. The quantitative estimate of drug-likeness (QED) is 0.752. The minimum atomic E-state index is -0.462. The molecule has 5 fully saturated rings. The van der Waals surface area contributed by atoms with E-state index in [0.29, 0.717) is 32.8 Å². The van der Waals surface area contributed by atoms with Crippen molar-refractivity contribution in [3.05, 3.63) is 0 Å². The number of nitrogens with one attached hydrogen (secondary N) is 1. The average Bonchev–Trinajstić information content (AvgIpc) is 2.60. The molecule has 7 heteroatoms. The lowest BCUT2D eigenvalue weighted by atomic mass is 9.53. The van der Waals surface area contributed by atoms with Gasteiger partial charge in [0.2, 0.25) is 0 Å². The Bertz CT molecular complexity index is 562. The summed E-state index contributed by atoms with van der Waals surface area (Å²) in [6.07, 6.45) is 6.67. The smallest absolute Gasteiger partial charge is 0.409 e. The van der Waals surface area contributed by atoms with E-state index in [2.05, 4.69) is 5.32 Å². The number of piperazine rings is 1. The molecule has 1 aliphatic heterocycles. The molecule has 1 heterocycles. The third-order valence-corrected chi connectivity index (χ3v) is 6.70. The SMILES string of the molecule is CCOC(=O)N1CCN(C(=O)C(=O)NC23CC4CC(CC(C4)C2)C3)CC1. The minimum absolute atomic E-state index is 0.145. The molecular weight excluding hydrogens is 334 g/mol. The standard InChI is InChI=1S/C19H29N3O4/c1-2-26-18(25)22-5-3-21(4-6-22)17(24)16(23)20-19-10-13-7-14(11-19)9-15(8-13)12-19/h13-15H,2-12H2,1H3,(H,20,23). The molecule has 1 N–H and O–H groups in total. The van der Waals surface area contributed by atoms with Crippen LogP contribution in [0.25, 0.3) is 0 Å². The van der Waals surface area contributed by atoms with Crippen molar-refractivity contribution in [2.45, 2.75) is 51.0 Å². The van der Waals surface area contributed by atoms with Gasteiger partial charge in [-0.05, 0) is 63.2 Å². The Morgan fingerprint density at radius 3 is 1.92 bits per heavy atom. The molecule has 0 radical (unpaired) electrons.